The van der Waals surface area contributed by atoms with Gasteiger partial charge in [-0.3, -0.25) is 4.79 Å². The van der Waals surface area contributed by atoms with Crippen molar-refractivity contribution in [1.82, 2.24) is 5.32 Å². The molecule has 0 saturated carbocycles. The first-order valence-electron chi connectivity index (χ1n) is 6.23. The van der Waals surface area contributed by atoms with Crippen LogP contribution in [0.3, 0.4) is 0 Å². The first kappa shape index (κ1) is 15.3. The smallest absolute Gasteiger partial charge is 0.258 e. The van der Waals surface area contributed by atoms with Gasteiger partial charge in [0.25, 0.3) is 5.91 Å². The van der Waals surface area contributed by atoms with Crippen LogP contribution in [0.5, 0.6) is 5.75 Å². The van der Waals surface area contributed by atoms with E-state index in [2.05, 4.69) is 21.2 Å². The normalized spacial score (nSPS) is 10.2. The SMILES string of the molecule is Nc1cccc(OCC(=O)NCc2cc(Br)ccc2F)c1. The van der Waals surface area contributed by atoms with Crippen molar-refractivity contribution in [3.8, 4) is 5.75 Å². The molecular formula is C15H14BrFN2O2. The number of amides is 1. The Kier molecular flexibility index (Phi) is 5.16. The van der Waals surface area contributed by atoms with E-state index in [9.17, 15) is 9.18 Å². The van der Waals surface area contributed by atoms with Crippen LogP contribution in [0.25, 0.3) is 0 Å². The molecule has 110 valence electrons. The molecule has 0 aromatic heterocycles. The molecule has 0 unspecified atom stereocenters. The van der Waals surface area contributed by atoms with Crippen LogP contribution < -0.4 is 15.8 Å². The molecule has 0 bridgehead atoms. The van der Waals surface area contributed by atoms with Crippen molar-refractivity contribution in [1.29, 1.82) is 0 Å². The number of halogens is 2. The average molecular weight is 353 g/mol. The summed E-state index contributed by atoms with van der Waals surface area (Å²) in [6, 6.07) is 11.4. The summed E-state index contributed by atoms with van der Waals surface area (Å²) in [5, 5.41) is 2.60. The quantitative estimate of drug-likeness (QED) is 0.813. The van der Waals surface area contributed by atoms with Gasteiger partial charge in [0.15, 0.2) is 6.61 Å². The molecule has 0 aliphatic carbocycles. The van der Waals surface area contributed by atoms with Crippen molar-refractivity contribution < 1.29 is 13.9 Å². The van der Waals surface area contributed by atoms with Gasteiger partial charge < -0.3 is 15.8 Å². The van der Waals surface area contributed by atoms with E-state index in [1.807, 2.05) is 0 Å². The summed E-state index contributed by atoms with van der Waals surface area (Å²) >= 11 is 3.26. The van der Waals surface area contributed by atoms with Gasteiger partial charge in [-0.15, -0.1) is 0 Å². The molecule has 1 amide bonds. The van der Waals surface area contributed by atoms with Gasteiger partial charge in [-0.1, -0.05) is 22.0 Å². The number of rotatable bonds is 5. The maximum Gasteiger partial charge on any atom is 0.258 e. The highest BCUT2D eigenvalue weighted by molar-refractivity contribution is 9.10. The molecular weight excluding hydrogens is 339 g/mol. The minimum absolute atomic E-state index is 0.102. The highest BCUT2D eigenvalue weighted by Gasteiger charge is 2.06. The second kappa shape index (κ2) is 7.08. The highest BCUT2D eigenvalue weighted by Crippen LogP contribution is 2.16. The Morgan fingerprint density at radius 3 is 2.86 bits per heavy atom. The van der Waals surface area contributed by atoms with Crippen LogP contribution in [0, 0.1) is 5.82 Å². The van der Waals surface area contributed by atoms with Crippen molar-refractivity contribution in [3.63, 3.8) is 0 Å². The zero-order valence-electron chi connectivity index (χ0n) is 11.1. The zero-order valence-corrected chi connectivity index (χ0v) is 12.7. The Hall–Kier alpha value is -2.08. The molecule has 6 heteroatoms. The minimum Gasteiger partial charge on any atom is -0.484 e. The van der Waals surface area contributed by atoms with E-state index >= 15 is 0 Å². The van der Waals surface area contributed by atoms with E-state index < -0.39 is 0 Å². The van der Waals surface area contributed by atoms with Gasteiger partial charge in [0.1, 0.15) is 11.6 Å². The van der Waals surface area contributed by atoms with Crippen molar-refractivity contribution >= 4 is 27.5 Å². The molecule has 21 heavy (non-hydrogen) atoms. The molecule has 2 rings (SSSR count). The Balaban J connectivity index is 1.83. The Bertz CT molecular complexity index is 649. The molecule has 4 nitrogen and oxygen atoms in total. The van der Waals surface area contributed by atoms with E-state index in [4.69, 9.17) is 10.5 Å². The molecule has 3 N–H and O–H groups in total. The first-order valence-corrected chi connectivity index (χ1v) is 7.03. The van der Waals surface area contributed by atoms with Gasteiger partial charge in [-0.25, -0.2) is 4.39 Å². The predicted molar refractivity (Wildman–Crippen MR) is 82.3 cm³/mol. The molecule has 0 fully saturated rings. The number of nitrogens with two attached hydrogens (primary N) is 1. The summed E-state index contributed by atoms with van der Waals surface area (Å²) in [6.45, 7) is -0.0521. The van der Waals surface area contributed by atoms with Gasteiger partial charge in [-0.2, -0.15) is 0 Å². The van der Waals surface area contributed by atoms with Crippen LogP contribution in [-0.4, -0.2) is 12.5 Å². The zero-order chi connectivity index (χ0) is 15.2. The Labute approximate surface area is 130 Å². The topological polar surface area (TPSA) is 64.3 Å². The fourth-order valence-electron chi connectivity index (χ4n) is 1.68. The monoisotopic (exact) mass is 352 g/mol. The third-order valence-electron chi connectivity index (χ3n) is 2.71. The second-order valence-corrected chi connectivity index (χ2v) is 5.29. The number of nitrogen functional groups attached to an aromatic ring is 1. The van der Waals surface area contributed by atoms with E-state index in [1.54, 1.807) is 36.4 Å². The fourth-order valence-corrected chi connectivity index (χ4v) is 2.09. The van der Waals surface area contributed by atoms with E-state index in [0.29, 0.717) is 17.0 Å². The van der Waals surface area contributed by atoms with Gasteiger partial charge >= 0.3 is 0 Å². The number of ether oxygens (including phenoxy) is 1. The van der Waals surface area contributed by atoms with Crippen molar-refractivity contribution in [2.45, 2.75) is 6.54 Å². The molecule has 0 heterocycles. The van der Waals surface area contributed by atoms with E-state index in [-0.39, 0.29) is 24.9 Å². The third-order valence-corrected chi connectivity index (χ3v) is 3.21. The number of hydrogen-bond acceptors (Lipinski definition) is 3. The van der Waals surface area contributed by atoms with E-state index in [1.165, 1.54) is 6.07 Å². The maximum atomic E-state index is 13.5. The summed E-state index contributed by atoms with van der Waals surface area (Å²) in [6.07, 6.45) is 0. The Morgan fingerprint density at radius 1 is 1.29 bits per heavy atom. The molecule has 0 radical (unpaired) electrons. The molecule has 2 aromatic carbocycles. The molecule has 0 atom stereocenters. The molecule has 0 spiro atoms. The standard InChI is InChI=1S/C15H14BrFN2O2/c16-11-4-5-14(17)10(6-11)8-19-15(20)9-21-13-3-1-2-12(18)7-13/h1-7H,8-9,18H2,(H,19,20). The largest absolute Gasteiger partial charge is 0.484 e. The third kappa shape index (κ3) is 4.75. The maximum absolute atomic E-state index is 13.5. The van der Waals surface area contributed by atoms with Gasteiger partial charge in [0.05, 0.1) is 0 Å². The first-order chi connectivity index (χ1) is 10.0. The number of carbonyl (C=O) groups is 1. The number of hydrogen-bond donors (Lipinski definition) is 2. The molecule has 2 aromatic rings. The number of benzene rings is 2. The van der Waals surface area contributed by atoms with Crippen molar-refractivity contribution in [2.75, 3.05) is 12.3 Å². The minimum atomic E-state index is -0.366. The van der Waals surface area contributed by atoms with Crippen LogP contribution in [0.2, 0.25) is 0 Å². The lowest BCUT2D eigenvalue weighted by atomic mass is 10.2. The Morgan fingerprint density at radius 2 is 2.10 bits per heavy atom. The highest BCUT2D eigenvalue weighted by atomic mass is 79.9. The van der Waals surface area contributed by atoms with Crippen LogP contribution in [0.15, 0.2) is 46.9 Å². The van der Waals surface area contributed by atoms with Crippen molar-refractivity contribution in [3.05, 3.63) is 58.3 Å². The fraction of sp³-hybridized carbons (Fsp3) is 0.133. The van der Waals surface area contributed by atoms with E-state index in [0.717, 1.165) is 4.47 Å². The summed E-state index contributed by atoms with van der Waals surface area (Å²) in [5.74, 6) is -0.189. The number of nitrogens with one attached hydrogen (secondary N) is 1. The van der Waals surface area contributed by atoms with Crippen molar-refractivity contribution in [2.24, 2.45) is 0 Å². The summed E-state index contributed by atoms with van der Waals surface area (Å²) in [5.41, 5.74) is 6.57. The van der Waals surface area contributed by atoms with Crippen LogP contribution in [0.4, 0.5) is 10.1 Å². The lowest BCUT2D eigenvalue weighted by molar-refractivity contribution is -0.123. The molecule has 0 aliphatic rings. The average Bonchev–Trinajstić information content (AvgIpc) is 2.46. The summed E-state index contributed by atoms with van der Waals surface area (Å²) in [4.78, 5) is 11.7. The number of carbonyl (C=O) groups excluding carboxylic acids is 1. The predicted octanol–water partition coefficient (Wildman–Crippen LogP) is 2.87. The number of anilines is 1. The molecule has 0 aliphatic heterocycles. The van der Waals surface area contributed by atoms with Gasteiger partial charge in [0, 0.05) is 28.3 Å². The molecule has 0 saturated heterocycles. The van der Waals surface area contributed by atoms with Crippen LogP contribution in [0.1, 0.15) is 5.56 Å². The van der Waals surface area contributed by atoms with Crippen LogP contribution >= 0.6 is 15.9 Å². The van der Waals surface area contributed by atoms with Crippen LogP contribution in [-0.2, 0) is 11.3 Å². The van der Waals surface area contributed by atoms with Gasteiger partial charge in [0.2, 0.25) is 0 Å². The second-order valence-electron chi connectivity index (χ2n) is 4.37. The lowest BCUT2D eigenvalue weighted by Gasteiger charge is -2.09. The van der Waals surface area contributed by atoms with Gasteiger partial charge in [-0.05, 0) is 30.3 Å². The lowest BCUT2D eigenvalue weighted by Crippen LogP contribution is -2.28. The summed E-state index contributed by atoms with van der Waals surface area (Å²) in [7, 11) is 0. The summed E-state index contributed by atoms with van der Waals surface area (Å²) < 4.78 is 19.5.